The molecule has 100 valence electrons. The van der Waals surface area contributed by atoms with Crippen molar-refractivity contribution in [1.82, 2.24) is 4.98 Å². The first kappa shape index (κ1) is 15.3. The molecule has 1 rings (SSSR count). The highest BCUT2D eigenvalue weighted by molar-refractivity contribution is 6.15. The van der Waals surface area contributed by atoms with Crippen molar-refractivity contribution in [3.8, 4) is 0 Å². The maximum atomic E-state index is 4.89. The summed E-state index contributed by atoms with van der Waals surface area (Å²) in [6.45, 7) is 17.9. The molecule has 0 aliphatic rings. The average molecular weight is 245 g/mol. The van der Waals surface area contributed by atoms with Crippen molar-refractivity contribution >= 4 is 7.85 Å². The summed E-state index contributed by atoms with van der Waals surface area (Å²) in [7, 11) is 2.23. The molecule has 0 saturated carbocycles. The van der Waals surface area contributed by atoms with Crippen molar-refractivity contribution in [3.05, 3.63) is 29.1 Å². The fourth-order valence-corrected chi connectivity index (χ4v) is 1.73. The van der Waals surface area contributed by atoms with E-state index < -0.39 is 0 Å². The van der Waals surface area contributed by atoms with Crippen LogP contribution in [0.4, 0.5) is 0 Å². The van der Waals surface area contributed by atoms with Crippen molar-refractivity contribution in [2.45, 2.75) is 71.5 Å². The van der Waals surface area contributed by atoms with Crippen LogP contribution in [0.2, 0.25) is 0 Å². The first-order valence-electron chi connectivity index (χ1n) is 6.85. The van der Waals surface area contributed by atoms with E-state index in [1.54, 1.807) is 0 Å². The molecule has 1 nitrogen and oxygen atoms in total. The van der Waals surface area contributed by atoms with Crippen LogP contribution < -0.4 is 0 Å². The Morgan fingerprint density at radius 3 is 1.56 bits per heavy atom. The third kappa shape index (κ3) is 3.60. The molecular weight excluding hydrogens is 217 g/mol. The van der Waals surface area contributed by atoms with Crippen LogP contribution in [0.5, 0.6) is 0 Å². The molecule has 0 amide bonds. The Kier molecular flexibility index (Phi) is 3.73. The zero-order chi connectivity index (χ0) is 14.4. The Morgan fingerprint density at radius 1 is 0.778 bits per heavy atom. The third-order valence-corrected chi connectivity index (χ3v) is 3.23. The van der Waals surface area contributed by atoms with Gasteiger partial charge in [-0.15, -0.1) is 0 Å². The van der Waals surface area contributed by atoms with Crippen LogP contribution >= 0.6 is 0 Å². The normalized spacial score (nSPS) is 13.8. The van der Waals surface area contributed by atoms with Gasteiger partial charge >= 0.3 is 0 Å². The van der Waals surface area contributed by atoms with E-state index >= 15 is 0 Å². The van der Waals surface area contributed by atoms with Gasteiger partial charge in [0.1, 0.15) is 7.85 Å². The van der Waals surface area contributed by atoms with Crippen LogP contribution in [0.3, 0.4) is 0 Å². The van der Waals surface area contributed by atoms with E-state index in [-0.39, 0.29) is 16.1 Å². The van der Waals surface area contributed by atoms with Gasteiger partial charge in [0, 0.05) is 16.8 Å². The largest absolute Gasteiger partial charge is 0.258 e. The van der Waals surface area contributed by atoms with Crippen LogP contribution in [0.25, 0.3) is 0 Å². The summed E-state index contributed by atoms with van der Waals surface area (Å²) in [5.41, 5.74) is 4.04. The number of hydrogen-bond acceptors (Lipinski definition) is 1. The van der Waals surface area contributed by atoms with Gasteiger partial charge in [-0.25, -0.2) is 0 Å². The van der Waals surface area contributed by atoms with Crippen LogP contribution in [0, 0.1) is 0 Å². The molecule has 0 aromatic carbocycles. The minimum atomic E-state index is 0.0985. The lowest BCUT2D eigenvalue weighted by atomic mass is 9.68. The number of rotatable bonds is 1. The van der Waals surface area contributed by atoms with Crippen molar-refractivity contribution < 1.29 is 0 Å². The van der Waals surface area contributed by atoms with Gasteiger partial charge < -0.3 is 0 Å². The Labute approximate surface area is 114 Å². The predicted octanol–water partition coefficient (Wildman–Crippen LogP) is 3.54. The highest BCUT2D eigenvalue weighted by Gasteiger charge is 2.25. The summed E-state index contributed by atoms with van der Waals surface area (Å²) in [5, 5.41) is 0.0985. The lowest BCUT2D eigenvalue weighted by molar-refractivity contribution is 0.542. The fourth-order valence-electron chi connectivity index (χ4n) is 1.73. The SMILES string of the molecule is BC(C)(C)c1cc(C(C)(C)C)cc(C(C)(C)C)n1. The molecule has 18 heavy (non-hydrogen) atoms. The zero-order valence-corrected chi connectivity index (χ0v) is 13.6. The summed E-state index contributed by atoms with van der Waals surface area (Å²) < 4.78 is 0. The molecule has 2 heteroatoms. The van der Waals surface area contributed by atoms with Gasteiger partial charge in [0.2, 0.25) is 0 Å². The van der Waals surface area contributed by atoms with E-state index in [2.05, 4.69) is 75.4 Å². The topological polar surface area (TPSA) is 12.9 Å². The standard InChI is InChI=1S/C16H28BN/c1-14(2,3)11-9-12(15(4,5)6)18-13(10-11)16(7,8)17/h9-10H,17H2,1-8H3. The lowest BCUT2D eigenvalue weighted by Gasteiger charge is -2.28. The number of pyridine rings is 1. The van der Waals surface area contributed by atoms with Gasteiger partial charge in [-0.3, -0.25) is 4.98 Å². The van der Waals surface area contributed by atoms with E-state index in [1.807, 2.05) is 0 Å². The summed E-state index contributed by atoms with van der Waals surface area (Å²) >= 11 is 0. The smallest absolute Gasteiger partial charge is 0.116 e. The lowest BCUT2D eigenvalue weighted by Crippen LogP contribution is -2.25. The van der Waals surface area contributed by atoms with Gasteiger partial charge in [0.25, 0.3) is 0 Å². The Balaban J connectivity index is 3.49. The average Bonchev–Trinajstić information content (AvgIpc) is 2.13. The van der Waals surface area contributed by atoms with Crippen LogP contribution in [0.1, 0.15) is 72.3 Å². The maximum Gasteiger partial charge on any atom is 0.116 e. The molecule has 0 aliphatic heterocycles. The van der Waals surface area contributed by atoms with Crippen molar-refractivity contribution in [2.75, 3.05) is 0 Å². The van der Waals surface area contributed by atoms with Gasteiger partial charge in [-0.2, -0.15) is 0 Å². The molecule has 0 aliphatic carbocycles. The predicted molar refractivity (Wildman–Crippen MR) is 83.2 cm³/mol. The molecule has 0 atom stereocenters. The molecule has 1 heterocycles. The second-order valence-corrected chi connectivity index (χ2v) is 8.38. The van der Waals surface area contributed by atoms with E-state index in [1.165, 1.54) is 17.0 Å². The highest BCUT2D eigenvalue weighted by atomic mass is 14.7. The molecule has 0 radical (unpaired) electrons. The molecule has 1 aromatic heterocycles. The van der Waals surface area contributed by atoms with E-state index in [4.69, 9.17) is 4.98 Å². The molecule has 0 saturated heterocycles. The molecule has 1 aromatic rings. The minimum absolute atomic E-state index is 0.0985. The van der Waals surface area contributed by atoms with E-state index in [0.29, 0.717) is 0 Å². The van der Waals surface area contributed by atoms with Crippen molar-refractivity contribution in [3.63, 3.8) is 0 Å². The van der Waals surface area contributed by atoms with Crippen LogP contribution in [-0.2, 0) is 16.1 Å². The summed E-state index contributed by atoms with van der Waals surface area (Å²) in [6, 6.07) is 4.55. The van der Waals surface area contributed by atoms with E-state index in [9.17, 15) is 0 Å². The van der Waals surface area contributed by atoms with Gasteiger partial charge in [-0.05, 0) is 28.4 Å². The maximum absolute atomic E-state index is 4.89. The fraction of sp³-hybridized carbons (Fsp3) is 0.688. The monoisotopic (exact) mass is 245 g/mol. The summed E-state index contributed by atoms with van der Waals surface area (Å²) in [6.07, 6.45) is 0. The first-order valence-corrected chi connectivity index (χ1v) is 6.85. The van der Waals surface area contributed by atoms with Crippen molar-refractivity contribution in [2.24, 2.45) is 0 Å². The molecule has 0 bridgehead atoms. The molecule has 0 unspecified atom stereocenters. The Hall–Kier alpha value is -0.785. The second-order valence-electron chi connectivity index (χ2n) is 8.38. The third-order valence-electron chi connectivity index (χ3n) is 3.23. The highest BCUT2D eigenvalue weighted by Crippen LogP contribution is 2.31. The minimum Gasteiger partial charge on any atom is -0.258 e. The zero-order valence-electron chi connectivity index (χ0n) is 13.6. The molecule has 0 N–H and O–H groups in total. The number of hydrogen-bond donors (Lipinski definition) is 0. The second kappa shape index (κ2) is 4.40. The Morgan fingerprint density at radius 2 is 1.22 bits per heavy atom. The summed E-state index contributed by atoms with van der Waals surface area (Å²) in [4.78, 5) is 4.89. The van der Waals surface area contributed by atoms with Crippen LogP contribution in [-0.4, -0.2) is 12.8 Å². The van der Waals surface area contributed by atoms with Crippen molar-refractivity contribution in [1.29, 1.82) is 0 Å². The van der Waals surface area contributed by atoms with Gasteiger partial charge in [0.15, 0.2) is 0 Å². The number of aromatic nitrogens is 1. The Bertz CT molecular complexity index is 349. The summed E-state index contributed by atoms with van der Waals surface area (Å²) in [5.74, 6) is 0. The molecule has 0 fully saturated rings. The van der Waals surface area contributed by atoms with Crippen LogP contribution in [0.15, 0.2) is 12.1 Å². The van der Waals surface area contributed by atoms with E-state index in [0.717, 1.165) is 0 Å². The molecule has 0 spiro atoms. The quantitative estimate of drug-likeness (QED) is 0.689. The first-order chi connectivity index (χ1) is 7.82. The van der Waals surface area contributed by atoms with Gasteiger partial charge in [-0.1, -0.05) is 55.4 Å². The number of nitrogens with zero attached hydrogens (tertiary/aromatic N) is 1. The molecular formula is C16H28BN. The van der Waals surface area contributed by atoms with Gasteiger partial charge in [0.05, 0.1) is 0 Å².